The summed E-state index contributed by atoms with van der Waals surface area (Å²) in [6.07, 6.45) is -1.47. The molecule has 4 aromatic carbocycles. The Morgan fingerprint density at radius 3 is 1.35 bits per heavy atom. The summed E-state index contributed by atoms with van der Waals surface area (Å²) in [5.74, 6) is 0.354. The van der Waals surface area contributed by atoms with Crippen molar-refractivity contribution in [1.82, 2.24) is 0 Å². The molecule has 0 spiro atoms. The Hall–Kier alpha value is -4.00. The number of carbonyl (C=O) groups excluding carboxylic acids is 2. The fourth-order valence-corrected chi connectivity index (χ4v) is 4.36. The molecule has 0 bridgehead atoms. The lowest BCUT2D eigenvalue weighted by molar-refractivity contribution is -0.122. The van der Waals surface area contributed by atoms with Crippen LogP contribution in [0.2, 0.25) is 10.0 Å². The van der Waals surface area contributed by atoms with Crippen LogP contribution in [-0.2, 0) is 9.59 Å². The van der Waals surface area contributed by atoms with E-state index in [1.165, 1.54) is 0 Å². The first-order chi connectivity index (χ1) is 19.1. The van der Waals surface area contributed by atoms with Crippen LogP contribution in [0.25, 0.3) is 11.1 Å². The molecule has 0 aliphatic carbocycles. The smallest absolute Gasteiger partial charge is 0.265 e. The Bertz CT molecular complexity index is 1420. The maximum absolute atomic E-state index is 12.7. The van der Waals surface area contributed by atoms with Crippen LogP contribution < -0.4 is 20.1 Å². The van der Waals surface area contributed by atoms with Gasteiger partial charge in [-0.3, -0.25) is 9.59 Å². The van der Waals surface area contributed by atoms with Gasteiger partial charge in [-0.2, -0.15) is 0 Å². The molecule has 2 unspecified atom stereocenters. The molecule has 4 aromatic rings. The molecule has 0 saturated carbocycles. The number of anilines is 2. The predicted octanol–water partition coefficient (Wildman–Crippen LogP) is 8.09. The lowest BCUT2D eigenvalue weighted by atomic mass is 9.99. The SMILES string of the molecule is Cc1cc(-c2ccc(NC(=O)C(C)Oc3ccccc3Cl)c(C)c2)ccc1NC(=O)C(C)Oc1ccccc1Cl. The third-order valence-electron chi connectivity index (χ3n) is 6.32. The zero-order valence-corrected chi connectivity index (χ0v) is 24.1. The summed E-state index contributed by atoms with van der Waals surface area (Å²) in [4.78, 5) is 25.5. The van der Waals surface area contributed by atoms with E-state index in [-0.39, 0.29) is 11.8 Å². The molecule has 2 atom stereocenters. The van der Waals surface area contributed by atoms with Crippen LogP contribution in [0.3, 0.4) is 0 Å². The number of hydrogen-bond acceptors (Lipinski definition) is 4. The summed E-state index contributed by atoms with van der Waals surface area (Å²) in [6.45, 7) is 7.21. The van der Waals surface area contributed by atoms with Gasteiger partial charge in [-0.25, -0.2) is 0 Å². The second kappa shape index (κ2) is 12.9. The van der Waals surface area contributed by atoms with Crippen LogP contribution in [0.5, 0.6) is 11.5 Å². The number of carbonyl (C=O) groups is 2. The summed E-state index contributed by atoms with van der Waals surface area (Å²) in [7, 11) is 0. The molecule has 40 heavy (non-hydrogen) atoms. The van der Waals surface area contributed by atoms with Crippen molar-refractivity contribution >= 4 is 46.4 Å². The van der Waals surface area contributed by atoms with Crippen molar-refractivity contribution in [3.05, 3.63) is 106 Å². The van der Waals surface area contributed by atoms with Crippen LogP contribution in [0.1, 0.15) is 25.0 Å². The molecule has 4 rings (SSSR count). The number of para-hydroxylation sites is 2. The Kier molecular flexibility index (Phi) is 9.35. The number of halogens is 2. The summed E-state index contributed by atoms with van der Waals surface area (Å²) in [6, 6.07) is 25.7. The lowest BCUT2D eigenvalue weighted by Crippen LogP contribution is -2.30. The zero-order valence-electron chi connectivity index (χ0n) is 22.6. The third-order valence-corrected chi connectivity index (χ3v) is 6.95. The Balaban J connectivity index is 1.39. The molecule has 206 valence electrons. The van der Waals surface area contributed by atoms with Gasteiger partial charge in [0.1, 0.15) is 11.5 Å². The first kappa shape index (κ1) is 29.0. The van der Waals surface area contributed by atoms with E-state index in [9.17, 15) is 9.59 Å². The van der Waals surface area contributed by atoms with Gasteiger partial charge in [-0.1, -0.05) is 59.6 Å². The standard InChI is InChI=1S/C32H30Cl2N2O4/c1-19-17-23(13-15-27(19)35-31(37)21(3)39-29-11-7-5-9-25(29)33)24-14-16-28(20(2)18-24)36-32(38)22(4)40-30-12-8-6-10-26(30)34/h5-18,21-22H,1-4H3,(H,35,37)(H,36,38). The lowest BCUT2D eigenvalue weighted by Gasteiger charge is -2.18. The second-order valence-corrected chi connectivity index (χ2v) is 10.2. The van der Waals surface area contributed by atoms with Gasteiger partial charge >= 0.3 is 0 Å². The molecule has 0 aliphatic heterocycles. The highest BCUT2D eigenvalue weighted by molar-refractivity contribution is 6.32. The average Bonchev–Trinajstić information content (AvgIpc) is 2.93. The summed E-state index contributed by atoms with van der Waals surface area (Å²) in [5, 5.41) is 6.75. The minimum atomic E-state index is -0.734. The monoisotopic (exact) mass is 576 g/mol. The molecule has 0 heterocycles. The van der Waals surface area contributed by atoms with Crippen molar-refractivity contribution in [2.75, 3.05) is 10.6 Å². The average molecular weight is 578 g/mol. The highest BCUT2D eigenvalue weighted by Crippen LogP contribution is 2.30. The number of aryl methyl sites for hydroxylation is 2. The van der Waals surface area contributed by atoms with Crippen molar-refractivity contribution in [3.8, 4) is 22.6 Å². The van der Waals surface area contributed by atoms with Crippen LogP contribution >= 0.6 is 23.2 Å². The molecular formula is C32H30Cl2N2O4. The molecule has 2 amide bonds. The molecule has 0 aromatic heterocycles. The Morgan fingerprint density at radius 2 is 1.00 bits per heavy atom. The van der Waals surface area contributed by atoms with E-state index >= 15 is 0 Å². The summed E-state index contributed by atoms with van der Waals surface area (Å²) < 4.78 is 11.5. The van der Waals surface area contributed by atoms with Crippen molar-refractivity contribution in [3.63, 3.8) is 0 Å². The number of nitrogens with one attached hydrogen (secondary N) is 2. The fourth-order valence-electron chi connectivity index (χ4n) is 4.00. The molecule has 0 saturated heterocycles. The predicted molar refractivity (Wildman–Crippen MR) is 162 cm³/mol. The molecule has 0 aliphatic rings. The quantitative estimate of drug-likeness (QED) is 0.211. The highest BCUT2D eigenvalue weighted by Gasteiger charge is 2.19. The minimum Gasteiger partial charge on any atom is -0.479 e. The topological polar surface area (TPSA) is 76.7 Å². The molecule has 6 nitrogen and oxygen atoms in total. The summed E-state index contributed by atoms with van der Waals surface area (Å²) in [5.41, 5.74) is 5.14. The van der Waals surface area contributed by atoms with E-state index in [0.717, 1.165) is 22.3 Å². The van der Waals surface area contributed by atoms with Crippen LogP contribution in [0, 0.1) is 13.8 Å². The van der Waals surface area contributed by atoms with Crippen LogP contribution in [0.4, 0.5) is 11.4 Å². The molecule has 0 fully saturated rings. The Labute approximate surface area is 244 Å². The van der Waals surface area contributed by atoms with E-state index in [1.54, 1.807) is 62.4 Å². The van der Waals surface area contributed by atoms with Gasteiger partial charge in [0.2, 0.25) is 0 Å². The first-order valence-electron chi connectivity index (χ1n) is 12.8. The van der Waals surface area contributed by atoms with Crippen molar-refractivity contribution in [1.29, 1.82) is 0 Å². The highest BCUT2D eigenvalue weighted by atomic mass is 35.5. The number of rotatable bonds is 9. The van der Waals surface area contributed by atoms with E-state index in [1.807, 2.05) is 50.2 Å². The normalized spacial score (nSPS) is 12.2. The van der Waals surface area contributed by atoms with Gasteiger partial charge < -0.3 is 20.1 Å². The fraction of sp³-hybridized carbons (Fsp3) is 0.188. The van der Waals surface area contributed by atoms with Gasteiger partial charge in [0.15, 0.2) is 12.2 Å². The van der Waals surface area contributed by atoms with Crippen LogP contribution in [0.15, 0.2) is 84.9 Å². The third kappa shape index (κ3) is 7.14. The largest absolute Gasteiger partial charge is 0.479 e. The molecule has 2 N–H and O–H groups in total. The van der Waals surface area contributed by atoms with E-state index in [0.29, 0.717) is 32.9 Å². The number of benzene rings is 4. The van der Waals surface area contributed by atoms with Crippen molar-refractivity contribution in [2.45, 2.75) is 39.9 Å². The van der Waals surface area contributed by atoms with Crippen LogP contribution in [-0.4, -0.2) is 24.0 Å². The van der Waals surface area contributed by atoms with E-state index < -0.39 is 12.2 Å². The van der Waals surface area contributed by atoms with Gasteiger partial charge in [0, 0.05) is 11.4 Å². The maximum Gasteiger partial charge on any atom is 0.265 e. The molecular weight excluding hydrogens is 547 g/mol. The number of hydrogen-bond donors (Lipinski definition) is 2. The van der Waals surface area contributed by atoms with Crippen molar-refractivity contribution < 1.29 is 19.1 Å². The van der Waals surface area contributed by atoms with Crippen molar-refractivity contribution in [2.24, 2.45) is 0 Å². The number of amides is 2. The van der Waals surface area contributed by atoms with Gasteiger partial charge in [-0.15, -0.1) is 0 Å². The zero-order chi connectivity index (χ0) is 28.8. The van der Waals surface area contributed by atoms with E-state index in [4.69, 9.17) is 32.7 Å². The maximum atomic E-state index is 12.7. The molecule has 0 radical (unpaired) electrons. The van der Waals surface area contributed by atoms with Gasteiger partial charge in [0.25, 0.3) is 11.8 Å². The van der Waals surface area contributed by atoms with Gasteiger partial charge in [0.05, 0.1) is 10.0 Å². The summed E-state index contributed by atoms with van der Waals surface area (Å²) >= 11 is 12.3. The number of ether oxygens (including phenoxy) is 2. The molecule has 8 heteroatoms. The second-order valence-electron chi connectivity index (χ2n) is 9.42. The van der Waals surface area contributed by atoms with E-state index in [2.05, 4.69) is 10.6 Å². The first-order valence-corrected chi connectivity index (χ1v) is 13.5. The minimum absolute atomic E-state index is 0.278. The Morgan fingerprint density at radius 1 is 0.625 bits per heavy atom. The van der Waals surface area contributed by atoms with Gasteiger partial charge in [-0.05, 0) is 98.5 Å².